The Labute approximate surface area is 134 Å². The average molecular weight is 314 g/mol. The fraction of sp³-hybridized carbons (Fsp3) is 0.222. The van der Waals surface area contributed by atoms with Crippen LogP contribution in [0.2, 0.25) is 0 Å². The fourth-order valence-electron chi connectivity index (χ4n) is 2.21. The van der Waals surface area contributed by atoms with E-state index in [9.17, 15) is 9.59 Å². The van der Waals surface area contributed by atoms with Crippen molar-refractivity contribution in [1.82, 2.24) is 0 Å². The molecule has 0 saturated heterocycles. The van der Waals surface area contributed by atoms with Crippen LogP contribution in [0.5, 0.6) is 11.5 Å². The van der Waals surface area contributed by atoms with Crippen molar-refractivity contribution in [2.45, 2.75) is 12.8 Å². The Kier molecular flexibility index (Phi) is 5.74. The predicted molar refractivity (Wildman–Crippen MR) is 84.5 cm³/mol. The molecule has 0 fully saturated rings. The van der Waals surface area contributed by atoms with E-state index < -0.39 is 11.9 Å². The molecule has 0 N–H and O–H groups in total. The average Bonchev–Trinajstić information content (AvgIpc) is 2.55. The lowest BCUT2D eigenvalue weighted by molar-refractivity contribution is -0.158. The van der Waals surface area contributed by atoms with Crippen molar-refractivity contribution < 1.29 is 23.8 Å². The Morgan fingerprint density at radius 1 is 0.739 bits per heavy atom. The molecule has 2 aromatic rings. The zero-order valence-electron chi connectivity index (χ0n) is 13.1. The van der Waals surface area contributed by atoms with E-state index in [4.69, 9.17) is 14.2 Å². The van der Waals surface area contributed by atoms with Gasteiger partial charge in [-0.2, -0.15) is 0 Å². The molecule has 0 heterocycles. The van der Waals surface area contributed by atoms with Crippen molar-refractivity contribution in [2.24, 2.45) is 0 Å². The smallest absolute Gasteiger partial charge is 0.318 e. The molecule has 5 nitrogen and oxygen atoms in total. The number of hydrogen-bond donors (Lipinski definition) is 0. The van der Waals surface area contributed by atoms with Gasteiger partial charge >= 0.3 is 11.9 Å². The summed E-state index contributed by atoms with van der Waals surface area (Å²) < 4.78 is 15.2. The van der Waals surface area contributed by atoms with Gasteiger partial charge in [-0.3, -0.25) is 9.59 Å². The molecule has 0 amide bonds. The zero-order valence-corrected chi connectivity index (χ0v) is 13.1. The van der Waals surface area contributed by atoms with Crippen molar-refractivity contribution in [3.8, 4) is 11.5 Å². The summed E-state index contributed by atoms with van der Waals surface area (Å²) >= 11 is 0. The van der Waals surface area contributed by atoms with Crippen LogP contribution in [0, 0.1) is 0 Å². The molecule has 0 saturated carbocycles. The molecule has 0 radical (unpaired) electrons. The van der Waals surface area contributed by atoms with E-state index in [1.165, 1.54) is 14.2 Å². The van der Waals surface area contributed by atoms with Gasteiger partial charge in [0.25, 0.3) is 0 Å². The first-order chi connectivity index (χ1) is 11.1. The maximum Gasteiger partial charge on any atom is 0.318 e. The Balaban J connectivity index is 1.96. The number of esters is 2. The number of carbonyl (C=O) groups is 2. The second kappa shape index (κ2) is 7.98. The Morgan fingerprint density at radius 3 is 1.52 bits per heavy atom. The minimum absolute atomic E-state index is 0.0261. The van der Waals surface area contributed by atoms with Gasteiger partial charge in [-0.25, -0.2) is 0 Å². The van der Waals surface area contributed by atoms with E-state index in [1.54, 1.807) is 48.5 Å². The summed E-state index contributed by atoms with van der Waals surface area (Å²) in [6.07, 6.45) is -0.0522. The largest absolute Gasteiger partial charge is 0.496 e. The number of rotatable bonds is 6. The van der Waals surface area contributed by atoms with Gasteiger partial charge < -0.3 is 14.2 Å². The number of benzene rings is 2. The highest BCUT2D eigenvalue weighted by Gasteiger charge is 2.15. The van der Waals surface area contributed by atoms with Gasteiger partial charge in [0.15, 0.2) is 0 Å². The number of carbonyl (C=O) groups excluding carboxylic acids is 2. The topological polar surface area (TPSA) is 61.8 Å². The molecule has 0 aliphatic carbocycles. The summed E-state index contributed by atoms with van der Waals surface area (Å²) in [4.78, 5) is 23.8. The fourth-order valence-corrected chi connectivity index (χ4v) is 2.21. The summed E-state index contributed by atoms with van der Waals surface area (Å²) in [5.74, 6) is -0.0629. The van der Waals surface area contributed by atoms with Crippen LogP contribution in [-0.2, 0) is 27.2 Å². The quantitative estimate of drug-likeness (QED) is 0.606. The first kappa shape index (κ1) is 16.5. The maximum absolute atomic E-state index is 11.9. The second-order valence-electron chi connectivity index (χ2n) is 4.82. The molecule has 0 aromatic heterocycles. The predicted octanol–water partition coefficient (Wildman–Crippen LogP) is 2.56. The summed E-state index contributed by atoms with van der Waals surface area (Å²) in [6, 6.07) is 14.2. The van der Waals surface area contributed by atoms with Crippen LogP contribution in [0.1, 0.15) is 11.1 Å². The van der Waals surface area contributed by atoms with Crippen LogP contribution in [-0.4, -0.2) is 26.2 Å². The third kappa shape index (κ3) is 4.57. The molecule has 23 heavy (non-hydrogen) atoms. The molecule has 0 atom stereocenters. The molecular formula is C18H18O5. The Hall–Kier alpha value is -2.82. The van der Waals surface area contributed by atoms with Crippen LogP contribution < -0.4 is 9.47 Å². The molecule has 0 aliphatic heterocycles. The lowest BCUT2D eigenvalue weighted by atomic mass is 10.1. The highest BCUT2D eigenvalue weighted by atomic mass is 16.6. The highest BCUT2D eigenvalue weighted by molar-refractivity contribution is 5.88. The lowest BCUT2D eigenvalue weighted by Gasteiger charge is -2.09. The monoisotopic (exact) mass is 314 g/mol. The molecule has 5 heteroatoms. The van der Waals surface area contributed by atoms with Crippen LogP contribution in [0.3, 0.4) is 0 Å². The molecule has 120 valence electrons. The second-order valence-corrected chi connectivity index (χ2v) is 4.82. The first-order valence-corrected chi connectivity index (χ1v) is 7.11. The Morgan fingerprint density at radius 2 is 1.13 bits per heavy atom. The van der Waals surface area contributed by atoms with Gasteiger partial charge in [0.2, 0.25) is 0 Å². The third-order valence-electron chi connectivity index (χ3n) is 3.28. The first-order valence-electron chi connectivity index (χ1n) is 7.11. The normalized spacial score (nSPS) is 10.0. The molecule has 2 rings (SSSR count). The minimum atomic E-state index is -0.616. The van der Waals surface area contributed by atoms with Gasteiger partial charge in [-0.15, -0.1) is 0 Å². The summed E-state index contributed by atoms with van der Waals surface area (Å²) in [7, 11) is 3.05. The van der Waals surface area contributed by atoms with E-state index in [0.29, 0.717) is 22.6 Å². The standard InChI is InChI=1S/C18H18O5/c1-21-15-9-5-3-7-13(15)11-17(19)23-18(20)12-14-8-4-6-10-16(14)22-2/h3-10H,11-12H2,1-2H3. The van der Waals surface area contributed by atoms with Crippen molar-refractivity contribution in [3.63, 3.8) is 0 Å². The van der Waals surface area contributed by atoms with Crippen LogP contribution in [0.4, 0.5) is 0 Å². The van der Waals surface area contributed by atoms with Gasteiger partial charge in [0.1, 0.15) is 11.5 Å². The number of ether oxygens (including phenoxy) is 3. The minimum Gasteiger partial charge on any atom is -0.496 e. The van der Waals surface area contributed by atoms with Crippen LogP contribution in [0.15, 0.2) is 48.5 Å². The molecule has 2 aromatic carbocycles. The van der Waals surface area contributed by atoms with E-state index in [0.717, 1.165) is 0 Å². The summed E-state index contributed by atoms with van der Waals surface area (Å²) in [5.41, 5.74) is 1.34. The number of hydrogen-bond acceptors (Lipinski definition) is 5. The summed E-state index contributed by atoms with van der Waals surface area (Å²) in [5, 5.41) is 0. The third-order valence-corrected chi connectivity index (χ3v) is 3.28. The van der Waals surface area contributed by atoms with E-state index in [-0.39, 0.29) is 12.8 Å². The van der Waals surface area contributed by atoms with Crippen molar-refractivity contribution in [2.75, 3.05) is 14.2 Å². The van der Waals surface area contributed by atoms with E-state index in [1.807, 2.05) is 0 Å². The molecule has 0 spiro atoms. The number of para-hydroxylation sites is 2. The molecule has 0 bridgehead atoms. The van der Waals surface area contributed by atoms with Gasteiger partial charge in [0, 0.05) is 11.1 Å². The van der Waals surface area contributed by atoms with Gasteiger partial charge in [-0.05, 0) is 12.1 Å². The van der Waals surface area contributed by atoms with Crippen LogP contribution in [0.25, 0.3) is 0 Å². The highest BCUT2D eigenvalue weighted by Crippen LogP contribution is 2.20. The van der Waals surface area contributed by atoms with Crippen molar-refractivity contribution in [3.05, 3.63) is 59.7 Å². The van der Waals surface area contributed by atoms with Crippen molar-refractivity contribution >= 4 is 11.9 Å². The summed E-state index contributed by atoms with van der Waals surface area (Å²) in [6.45, 7) is 0. The van der Waals surface area contributed by atoms with Gasteiger partial charge in [0.05, 0.1) is 27.1 Å². The molecule has 0 aliphatic rings. The SMILES string of the molecule is COc1ccccc1CC(=O)OC(=O)Cc1ccccc1OC. The zero-order chi connectivity index (χ0) is 16.7. The number of methoxy groups -OCH3 is 2. The Bertz CT molecular complexity index is 634. The van der Waals surface area contributed by atoms with E-state index in [2.05, 4.69) is 0 Å². The van der Waals surface area contributed by atoms with Crippen molar-refractivity contribution in [1.29, 1.82) is 0 Å². The maximum atomic E-state index is 11.9. The van der Waals surface area contributed by atoms with Crippen LogP contribution >= 0.6 is 0 Å². The molecular weight excluding hydrogens is 296 g/mol. The van der Waals surface area contributed by atoms with Gasteiger partial charge in [-0.1, -0.05) is 36.4 Å². The molecule has 0 unspecified atom stereocenters. The lowest BCUT2D eigenvalue weighted by Crippen LogP contribution is -2.16. The van der Waals surface area contributed by atoms with E-state index >= 15 is 0 Å².